The fourth-order valence-electron chi connectivity index (χ4n) is 1.75. The molecule has 0 amide bonds. The summed E-state index contributed by atoms with van der Waals surface area (Å²) in [5, 5.41) is 4.73. The molecule has 0 saturated carbocycles. The molecule has 1 aromatic carbocycles. The van der Waals surface area contributed by atoms with E-state index in [0.717, 1.165) is 4.68 Å². The molecule has 2 rings (SSSR count). The fraction of sp³-hybridized carbons (Fsp3) is 0.385. The minimum absolute atomic E-state index is 0.165. The van der Waals surface area contributed by atoms with Crippen LogP contribution in [0.4, 0.5) is 9.18 Å². The van der Waals surface area contributed by atoms with E-state index in [1.807, 2.05) is 0 Å². The maximum Gasteiger partial charge on any atom is 0.435 e. The van der Waals surface area contributed by atoms with Gasteiger partial charge < -0.3 is 10.5 Å². The second-order valence-electron chi connectivity index (χ2n) is 5.20. The van der Waals surface area contributed by atoms with E-state index in [4.69, 9.17) is 10.5 Å². The molecular formula is C13H16FN3O2. The highest BCUT2D eigenvalue weighted by molar-refractivity contribution is 5.89. The predicted octanol–water partition coefficient (Wildman–Crippen LogP) is 2.42. The summed E-state index contributed by atoms with van der Waals surface area (Å²) in [5.74, 6) is -0.444. The maximum absolute atomic E-state index is 13.3. The lowest BCUT2D eigenvalue weighted by Crippen LogP contribution is -2.27. The Morgan fingerprint density at radius 1 is 1.47 bits per heavy atom. The molecule has 2 aromatic rings. The molecule has 2 N–H and O–H groups in total. The number of halogens is 1. The first-order chi connectivity index (χ1) is 8.81. The number of carbonyl (C=O) groups excluding carboxylic acids is 1. The third-order valence-electron chi connectivity index (χ3n) is 2.48. The summed E-state index contributed by atoms with van der Waals surface area (Å²) in [6.07, 6.45) is -0.650. The van der Waals surface area contributed by atoms with Crippen molar-refractivity contribution in [2.45, 2.75) is 32.9 Å². The summed E-state index contributed by atoms with van der Waals surface area (Å²) in [7, 11) is 0. The van der Waals surface area contributed by atoms with Gasteiger partial charge in [0.15, 0.2) is 0 Å². The van der Waals surface area contributed by atoms with Crippen molar-refractivity contribution in [3.05, 3.63) is 29.7 Å². The largest absolute Gasteiger partial charge is 0.442 e. The first-order valence-electron chi connectivity index (χ1n) is 5.92. The van der Waals surface area contributed by atoms with Crippen LogP contribution in [-0.2, 0) is 11.3 Å². The van der Waals surface area contributed by atoms with E-state index in [9.17, 15) is 9.18 Å². The highest BCUT2D eigenvalue weighted by Crippen LogP contribution is 2.21. The monoisotopic (exact) mass is 265 g/mol. The van der Waals surface area contributed by atoms with Crippen LogP contribution in [0.5, 0.6) is 0 Å². The topological polar surface area (TPSA) is 70.1 Å². The Labute approximate surface area is 110 Å². The van der Waals surface area contributed by atoms with Crippen LogP contribution in [0.25, 0.3) is 10.9 Å². The molecule has 0 unspecified atom stereocenters. The van der Waals surface area contributed by atoms with Gasteiger partial charge in [0.05, 0.1) is 11.2 Å². The molecule has 0 bridgehead atoms. The molecule has 0 aliphatic heterocycles. The van der Waals surface area contributed by atoms with Crippen molar-refractivity contribution >= 4 is 17.0 Å². The van der Waals surface area contributed by atoms with Crippen LogP contribution in [0.1, 0.15) is 26.5 Å². The average Bonchev–Trinajstić information content (AvgIpc) is 2.64. The van der Waals surface area contributed by atoms with Gasteiger partial charge in [-0.05, 0) is 32.9 Å². The predicted molar refractivity (Wildman–Crippen MR) is 69.2 cm³/mol. The van der Waals surface area contributed by atoms with Crippen LogP contribution in [0.2, 0.25) is 0 Å². The highest BCUT2D eigenvalue weighted by Gasteiger charge is 2.21. The third kappa shape index (κ3) is 2.73. The molecule has 5 nitrogen and oxygen atoms in total. The molecule has 19 heavy (non-hydrogen) atoms. The Morgan fingerprint density at radius 2 is 2.16 bits per heavy atom. The zero-order valence-corrected chi connectivity index (χ0v) is 11.1. The molecule has 0 aliphatic rings. The second-order valence-corrected chi connectivity index (χ2v) is 5.20. The standard InChI is InChI=1S/C13H16FN3O2/c1-13(2,3)19-12(18)17-11-6-8(14)4-5-9(11)10(7-15)16-17/h4-6H,7,15H2,1-3H3. The highest BCUT2D eigenvalue weighted by atomic mass is 19.1. The van der Waals surface area contributed by atoms with E-state index in [-0.39, 0.29) is 6.54 Å². The summed E-state index contributed by atoms with van der Waals surface area (Å²) in [6, 6.07) is 4.11. The molecule has 1 heterocycles. The van der Waals surface area contributed by atoms with Gasteiger partial charge in [-0.3, -0.25) is 0 Å². The Hall–Kier alpha value is -1.95. The minimum Gasteiger partial charge on any atom is -0.442 e. The second kappa shape index (κ2) is 4.62. The summed E-state index contributed by atoms with van der Waals surface area (Å²) < 4.78 is 19.6. The van der Waals surface area contributed by atoms with Gasteiger partial charge in [-0.15, -0.1) is 0 Å². The van der Waals surface area contributed by atoms with Crippen molar-refractivity contribution in [3.8, 4) is 0 Å². The molecule has 0 fully saturated rings. The number of hydrogen-bond donors (Lipinski definition) is 1. The zero-order valence-electron chi connectivity index (χ0n) is 11.1. The van der Waals surface area contributed by atoms with Crippen molar-refractivity contribution < 1.29 is 13.9 Å². The van der Waals surface area contributed by atoms with Gasteiger partial charge in [-0.1, -0.05) is 0 Å². The van der Waals surface area contributed by atoms with Gasteiger partial charge in [-0.2, -0.15) is 9.78 Å². The number of aromatic nitrogens is 2. The van der Waals surface area contributed by atoms with E-state index in [0.29, 0.717) is 16.6 Å². The number of nitrogens with two attached hydrogens (primary N) is 1. The number of ether oxygens (including phenoxy) is 1. The SMILES string of the molecule is CC(C)(C)OC(=O)n1nc(CN)c2ccc(F)cc21. The Kier molecular flexibility index (Phi) is 3.28. The lowest BCUT2D eigenvalue weighted by Gasteiger charge is -2.19. The average molecular weight is 265 g/mol. The molecule has 102 valence electrons. The van der Waals surface area contributed by atoms with E-state index < -0.39 is 17.5 Å². The number of nitrogens with zero attached hydrogens (tertiary/aromatic N) is 2. The summed E-state index contributed by atoms with van der Waals surface area (Å²) in [6.45, 7) is 5.42. The molecule has 0 spiro atoms. The molecule has 0 atom stereocenters. The normalized spacial score (nSPS) is 11.8. The Bertz CT molecular complexity index is 629. The van der Waals surface area contributed by atoms with E-state index >= 15 is 0 Å². The van der Waals surface area contributed by atoms with Gasteiger partial charge in [0.25, 0.3) is 0 Å². The van der Waals surface area contributed by atoms with Crippen LogP contribution in [0, 0.1) is 5.82 Å². The lowest BCUT2D eigenvalue weighted by atomic mass is 10.2. The van der Waals surface area contributed by atoms with Crippen LogP contribution in [0.15, 0.2) is 18.2 Å². The Balaban J connectivity index is 2.54. The quantitative estimate of drug-likeness (QED) is 0.859. The smallest absolute Gasteiger partial charge is 0.435 e. The van der Waals surface area contributed by atoms with Crippen molar-refractivity contribution in [3.63, 3.8) is 0 Å². The summed E-state index contributed by atoms with van der Waals surface area (Å²) in [4.78, 5) is 12.0. The number of carbonyl (C=O) groups is 1. The van der Waals surface area contributed by atoms with E-state index in [1.165, 1.54) is 12.1 Å². The van der Waals surface area contributed by atoms with Crippen molar-refractivity contribution in [1.29, 1.82) is 0 Å². The first kappa shape index (κ1) is 13.5. The van der Waals surface area contributed by atoms with Gasteiger partial charge in [0, 0.05) is 18.0 Å². The molecule has 1 aromatic heterocycles. The fourth-order valence-corrected chi connectivity index (χ4v) is 1.75. The zero-order chi connectivity index (χ0) is 14.2. The maximum atomic E-state index is 13.3. The minimum atomic E-state index is -0.650. The van der Waals surface area contributed by atoms with E-state index in [1.54, 1.807) is 26.8 Å². The van der Waals surface area contributed by atoms with Crippen molar-refractivity contribution in [2.75, 3.05) is 0 Å². The summed E-state index contributed by atoms with van der Waals surface area (Å²) >= 11 is 0. The first-order valence-corrected chi connectivity index (χ1v) is 5.92. The van der Waals surface area contributed by atoms with Crippen LogP contribution >= 0.6 is 0 Å². The van der Waals surface area contributed by atoms with Gasteiger partial charge >= 0.3 is 6.09 Å². The van der Waals surface area contributed by atoms with Crippen LogP contribution in [-0.4, -0.2) is 21.5 Å². The Morgan fingerprint density at radius 3 is 2.74 bits per heavy atom. The molecule has 6 heteroatoms. The number of benzene rings is 1. The number of hydrogen-bond acceptors (Lipinski definition) is 4. The third-order valence-corrected chi connectivity index (χ3v) is 2.48. The van der Waals surface area contributed by atoms with Crippen LogP contribution in [0.3, 0.4) is 0 Å². The number of fused-ring (bicyclic) bond motifs is 1. The molecule has 0 saturated heterocycles. The lowest BCUT2D eigenvalue weighted by molar-refractivity contribution is 0.0522. The van der Waals surface area contributed by atoms with Gasteiger partial charge in [0.1, 0.15) is 11.4 Å². The summed E-state index contributed by atoms with van der Waals surface area (Å²) in [5.41, 5.74) is 5.81. The molecule has 0 radical (unpaired) electrons. The van der Waals surface area contributed by atoms with Crippen molar-refractivity contribution in [2.24, 2.45) is 5.73 Å². The van der Waals surface area contributed by atoms with Crippen molar-refractivity contribution in [1.82, 2.24) is 9.78 Å². The van der Waals surface area contributed by atoms with Crippen LogP contribution < -0.4 is 5.73 Å². The molecule has 0 aliphatic carbocycles. The number of rotatable bonds is 1. The van der Waals surface area contributed by atoms with Gasteiger partial charge in [-0.25, -0.2) is 9.18 Å². The van der Waals surface area contributed by atoms with E-state index in [2.05, 4.69) is 5.10 Å². The molecular weight excluding hydrogens is 249 g/mol. The van der Waals surface area contributed by atoms with Gasteiger partial charge in [0.2, 0.25) is 0 Å².